The normalized spacial score (nSPS) is 26.7. The monoisotopic (exact) mass is 498 g/mol. The number of nitrogens with zero attached hydrogens (tertiary/aromatic N) is 3. The Morgan fingerprint density at radius 2 is 2.03 bits per heavy atom. The molecule has 2 aromatic rings. The van der Waals surface area contributed by atoms with E-state index in [9.17, 15) is 48.7 Å². The number of phosphoric acid groups is 2. The molecule has 3 rings (SSSR count). The van der Waals surface area contributed by atoms with Gasteiger partial charge in [-0.15, -0.1) is 0 Å². The van der Waals surface area contributed by atoms with E-state index in [0.29, 0.717) is 0 Å². The number of anilines is 1. The number of fused-ring (bicyclic) bond motifs is 1. The van der Waals surface area contributed by atoms with Crippen LogP contribution in [0.1, 0.15) is 6.23 Å². The first-order valence-corrected chi connectivity index (χ1v) is 11.3. The molecule has 2 unspecified atom stereocenters. The summed E-state index contributed by atoms with van der Waals surface area (Å²) in [6.45, 7) is -1.05. The van der Waals surface area contributed by atoms with Crippen LogP contribution in [0.2, 0.25) is 0 Å². The Balaban J connectivity index is 1.82. The zero-order valence-electron chi connectivity index (χ0n) is 15.4. The van der Waals surface area contributed by atoms with Crippen LogP contribution in [0.5, 0.6) is 0 Å². The van der Waals surface area contributed by atoms with Crippen molar-refractivity contribution in [3.05, 3.63) is 16.7 Å². The number of hydrogen-bond acceptors (Lipinski definition) is 16. The second-order valence-electron chi connectivity index (χ2n) is 6.28. The summed E-state index contributed by atoms with van der Waals surface area (Å²) in [7, 11) is -11.5. The smallest absolute Gasteiger partial charge is 0.280 e. The highest BCUT2D eigenvalue weighted by molar-refractivity contribution is 7.58. The van der Waals surface area contributed by atoms with E-state index in [4.69, 9.17) is 4.74 Å². The number of aromatic amines is 1. The van der Waals surface area contributed by atoms with E-state index in [-0.39, 0.29) is 23.4 Å². The number of carbonyl (C=O) groups excluding carboxylic acids is 1. The molecule has 0 aromatic carbocycles. The molecule has 5 N–H and O–H groups in total. The van der Waals surface area contributed by atoms with Crippen LogP contribution in [0.3, 0.4) is 0 Å². The number of carbonyl (C=O) groups is 1. The molecule has 0 spiro atoms. The van der Waals surface area contributed by atoms with Crippen LogP contribution in [-0.2, 0) is 27.5 Å². The average Bonchev–Trinajstić information content (AvgIpc) is 3.20. The Morgan fingerprint density at radius 1 is 1.34 bits per heavy atom. The quantitative estimate of drug-likeness (QED) is 0.123. The summed E-state index contributed by atoms with van der Waals surface area (Å²) < 4.78 is 35.6. The summed E-state index contributed by atoms with van der Waals surface area (Å²) in [6.07, 6.45) is -7.15. The molecule has 18 nitrogen and oxygen atoms in total. The van der Waals surface area contributed by atoms with Crippen molar-refractivity contribution in [2.45, 2.75) is 30.8 Å². The predicted octanol–water partition coefficient (Wildman–Crippen LogP) is -5.00. The van der Waals surface area contributed by atoms with E-state index in [1.54, 1.807) is 0 Å². The maximum atomic E-state index is 12.1. The molecule has 1 aliphatic heterocycles. The van der Waals surface area contributed by atoms with Crippen molar-refractivity contribution in [3.8, 4) is 0 Å². The van der Waals surface area contributed by atoms with Crippen LogP contribution in [-0.4, -0.2) is 72.3 Å². The van der Waals surface area contributed by atoms with Gasteiger partial charge in [0.2, 0.25) is 5.95 Å². The molecule has 0 radical (unpaired) electrons. The van der Waals surface area contributed by atoms with Crippen LogP contribution in [0.25, 0.3) is 11.2 Å². The zero-order chi connectivity index (χ0) is 23.8. The van der Waals surface area contributed by atoms with Crippen LogP contribution >= 0.6 is 15.6 Å². The number of phosphoric ester groups is 1. The second kappa shape index (κ2) is 9.05. The number of aldehydes is 1. The summed E-state index contributed by atoms with van der Waals surface area (Å²) in [5, 5.41) is 31.9. The minimum Gasteiger partial charge on any atom is -0.790 e. The summed E-state index contributed by atoms with van der Waals surface area (Å²) in [6, 6.07) is 0. The minimum atomic E-state index is -5.93. The third kappa shape index (κ3) is 5.45. The molecule has 1 aliphatic rings. The number of imidazole rings is 1. The van der Waals surface area contributed by atoms with E-state index < -0.39 is 58.6 Å². The summed E-state index contributed by atoms with van der Waals surface area (Å²) in [4.78, 5) is 64.8. The summed E-state index contributed by atoms with van der Waals surface area (Å²) in [5.74, 6) is -0.346. The van der Waals surface area contributed by atoms with Gasteiger partial charge in [-0.05, 0) is 0 Å². The Labute approximate surface area is 176 Å². The molecule has 1 saturated heterocycles. The summed E-state index contributed by atoms with van der Waals surface area (Å²) >= 11 is 0. The van der Waals surface area contributed by atoms with Gasteiger partial charge in [0.25, 0.3) is 13.4 Å². The van der Waals surface area contributed by atoms with Crippen LogP contribution in [0.15, 0.2) is 11.1 Å². The first-order chi connectivity index (χ1) is 14.8. The van der Waals surface area contributed by atoms with Crippen LogP contribution in [0, 0.1) is 0 Å². The molecular formula is C12H14N5O13P2-3. The van der Waals surface area contributed by atoms with Gasteiger partial charge in [0.05, 0.1) is 20.8 Å². The number of hydrogen-bond donors (Lipinski definition) is 5. The number of rotatable bonds is 9. The lowest BCUT2D eigenvalue weighted by molar-refractivity contribution is -0.339. The number of aliphatic hydroxyl groups is 3. The van der Waals surface area contributed by atoms with Gasteiger partial charge in [-0.2, -0.15) is 4.98 Å². The van der Waals surface area contributed by atoms with Gasteiger partial charge in [0.15, 0.2) is 29.9 Å². The van der Waals surface area contributed by atoms with Crippen molar-refractivity contribution in [2.75, 3.05) is 11.9 Å². The molecule has 20 heteroatoms. The number of nitrogens with one attached hydrogen (secondary N) is 2. The highest BCUT2D eigenvalue weighted by Crippen LogP contribution is 2.50. The van der Waals surface area contributed by atoms with Crippen LogP contribution in [0.4, 0.5) is 5.95 Å². The number of aliphatic hydroxyl groups excluding tert-OH is 3. The SMILES string of the molecule is O=CC(O)Nc1nc2c(ncn2[C@@H]2O[C@H](COP(=O)([O-])OP(=O)([O-])[O-])[C@@H](O)[C@H]2O)c(=O)[nH]1. The van der Waals surface area contributed by atoms with Gasteiger partial charge in [-0.1, -0.05) is 0 Å². The standard InChI is InChI=1S/C12H17N5O13P2/c18-1-5(19)14-12-15-9-6(10(22)16-12)13-3-17(9)11-8(21)7(20)4(29-11)2-28-32(26,27)30-31(23,24)25/h1,3-5,7-8,11,19-21H,2H2,(H,26,27)(H2,23,24,25)(H2,14,15,16,22)/p-3/t4-,5?,7-,8-,11-/m1/s1. The van der Waals surface area contributed by atoms with Gasteiger partial charge < -0.3 is 49.1 Å². The van der Waals surface area contributed by atoms with Crippen molar-refractivity contribution in [1.82, 2.24) is 19.5 Å². The Hall–Kier alpha value is -2.08. The molecule has 0 aliphatic carbocycles. The molecule has 2 aromatic heterocycles. The Bertz CT molecular complexity index is 1150. The lowest BCUT2D eigenvalue weighted by Crippen LogP contribution is -2.34. The van der Waals surface area contributed by atoms with E-state index in [2.05, 4.69) is 29.1 Å². The minimum absolute atomic E-state index is 0.114. The third-order valence-electron chi connectivity index (χ3n) is 4.05. The number of H-pyrrole nitrogens is 1. The number of ether oxygens (including phenoxy) is 1. The fraction of sp³-hybridized carbons (Fsp3) is 0.500. The zero-order valence-corrected chi connectivity index (χ0v) is 17.2. The van der Waals surface area contributed by atoms with E-state index >= 15 is 0 Å². The first-order valence-electron chi connectivity index (χ1n) is 8.38. The van der Waals surface area contributed by atoms with Crippen molar-refractivity contribution in [2.24, 2.45) is 0 Å². The Morgan fingerprint density at radius 3 is 2.66 bits per heavy atom. The highest BCUT2D eigenvalue weighted by atomic mass is 31.3. The average molecular weight is 498 g/mol. The third-order valence-corrected chi connectivity index (χ3v) is 6.12. The lowest BCUT2D eigenvalue weighted by atomic mass is 10.1. The number of aromatic nitrogens is 4. The second-order valence-corrected chi connectivity index (χ2v) is 8.98. The largest absolute Gasteiger partial charge is 0.790 e. The van der Waals surface area contributed by atoms with Gasteiger partial charge in [-0.3, -0.25) is 28.0 Å². The maximum absolute atomic E-state index is 12.1. The van der Waals surface area contributed by atoms with Crippen molar-refractivity contribution >= 4 is 39.0 Å². The van der Waals surface area contributed by atoms with E-state index in [1.807, 2.05) is 0 Å². The molecule has 0 amide bonds. The molecule has 0 bridgehead atoms. The van der Waals surface area contributed by atoms with E-state index in [0.717, 1.165) is 10.9 Å². The van der Waals surface area contributed by atoms with Gasteiger partial charge >= 0.3 is 0 Å². The predicted molar refractivity (Wildman–Crippen MR) is 92.0 cm³/mol. The van der Waals surface area contributed by atoms with Crippen molar-refractivity contribution in [3.63, 3.8) is 0 Å². The first kappa shape index (κ1) is 24.6. The van der Waals surface area contributed by atoms with Crippen molar-refractivity contribution in [1.29, 1.82) is 0 Å². The summed E-state index contributed by atoms with van der Waals surface area (Å²) in [5.41, 5.74) is -1.27. The van der Waals surface area contributed by atoms with Gasteiger partial charge in [0.1, 0.15) is 18.3 Å². The molecule has 1 fully saturated rings. The Kier molecular flexibility index (Phi) is 6.94. The molecular weight excluding hydrogens is 484 g/mol. The fourth-order valence-corrected chi connectivity index (χ4v) is 4.26. The fourth-order valence-electron chi connectivity index (χ4n) is 2.76. The van der Waals surface area contributed by atoms with Gasteiger partial charge in [-0.25, -0.2) is 4.98 Å². The molecule has 3 heterocycles. The van der Waals surface area contributed by atoms with E-state index in [1.165, 1.54) is 0 Å². The molecule has 0 saturated carbocycles. The highest BCUT2D eigenvalue weighted by Gasteiger charge is 2.45. The topological polar surface area (TPSA) is 284 Å². The molecule has 6 atom stereocenters. The molecule has 178 valence electrons. The maximum Gasteiger partial charge on any atom is 0.280 e. The molecule has 32 heavy (non-hydrogen) atoms. The lowest BCUT2D eigenvalue weighted by Gasteiger charge is -2.35. The van der Waals surface area contributed by atoms with Gasteiger partial charge in [0, 0.05) is 0 Å². The van der Waals surface area contributed by atoms with Crippen molar-refractivity contribution < 1.29 is 57.5 Å². The van der Waals surface area contributed by atoms with Crippen LogP contribution < -0.4 is 25.6 Å².